The summed E-state index contributed by atoms with van der Waals surface area (Å²) in [7, 11) is 1.88. The Morgan fingerprint density at radius 2 is 1.95 bits per heavy atom. The van der Waals surface area contributed by atoms with Crippen molar-refractivity contribution in [1.29, 1.82) is 0 Å². The molecule has 19 heavy (non-hydrogen) atoms. The topological polar surface area (TPSA) is 51.0 Å². The summed E-state index contributed by atoms with van der Waals surface area (Å²) in [5, 5.41) is 7.19. The van der Waals surface area contributed by atoms with Gasteiger partial charge < -0.3 is 9.84 Å². The molecule has 2 rings (SSSR count). The van der Waals surface area contributed by atoms with E-state index in [4.69, 9.17) is 4.52 Å². The lowest BCUT2D eigenvalue weighted by molar-refractivity contribution is 0.281. The van der Waals surface area contributed by atoms with Crippen molar-refractivity contribution in [2.75, 3.05) is 12.8 Å². The second kappa shape index (κ2) is 5.75. The van der Waals surface area contributed by atoms with E-state index >= 15 is 0 Å². The van der Waals surface area contributed by atoms with Crippen molar-refractivity contribution >= 4 is 11.8 Å². The van der Waals surface area contributed by atoms with Gasteiger partial charge in [-0.2, -0.15) is 4.98 Å². The minimum absolute atomic E-state index is 0.316. The summed E-state index contributed by atoms with van der Waals surface area (Å²) in [5.41, 5.74) is 0.658. The molecule has 0 aliphatic rings. The Bertz CT molecular complexity index is 534. The quantitative estimate of drug-likeness (QED) is 0.850. The number of nitrogens with one attached hydrogen (secondary N) is 1. The highest BCUT2D eigenvalue weighted by molar-refractivity contribution is 7.99. The van der Waals surface area contributed by atoms with Crippen molar-refractivity contribution < 1.29 is 4.52 Å². The molecule has 102 valence electrons. The summed E-state index contributed by atoms with van der Waals surface area (Å²) in [5.74, 6) is 2.30. The van der Waals surface area contributed by atoms with E-state index in [2.05, 4.69) is 34.5 Å². The van der Waals surface area contributed by atoms with Gasteiger partial charge in [-0.15, -0.1) is 11.8 Å². The first-order valence-corrected chi connectivity index (χ1v) is 7.31. The van der Waals surface area contributed by atoms with Crippen molar-refractivity contribution in [2.24, 2.45) is 0 Å². The lowest BCUT2D eigenvalue weighted by atomic mass is 10.1. The van der Waals surface area contributed by atoms with Gasteiger partial charge in [0.15, 0.2) is 0 Å². The molecule has 0 spiro atoms. The SMILES string of the molecule is CCSc1ccc(-c2noc(C(C)(C)NC)n2)cc1. The third-order valence-electron chi connectivity index (χ3n) is 3.01. The van der Waals surface area contributed by atoms with Gasteiger partial charge in [0, 0.05) is 10.5 Å². The van der Waals surface area contributed by atoms with E-state index in [0.29, 0.717) is 11.7 Å². The monoisotopic (exact) mass is 277 g/mol. The van der Waals surface area contributed by atoms with Crippen LogP contribution < -0.4 is 5.32 Å². The van der Waals surface area contributed by atoms with Crippen LogP contribution in [0.25, 0.3) is 11.4 Å². The van der Waals surface area contributed by atoms with Gasteiger partial charge in [0.05, 0.1) is 5.54 Å². The van der Waals surface area contributed by atoms with Gasteiger partial charge in [-0.1, -0.05) is 12.1 Å². The molecule has 1 aromatic carbocycles. The minimum atomic E-state index is -0.316. The van der Waals surface area contributed by atoms with Crippen molar-refractivity contribution in [2.45, 2.75) is 31.2 Å². The zero-order valence-electron chi connectivity index (χ0n) is 11.7. The van der Waals surface area contributed by atoms with Crippen molar-refractivity contribution in [3.8, 4) is 11.4 Å². The van der Waals surface area contributed by atoms with E-state index in [1.807, 2.05) is 44.8 Å². The number of nitrogens with zero attached hydrogens (tertiary/aromatic N) is 2. The molecule has 0 saturated heterocycles. The van der Waals surface area contributed by atoms with Gasteiger partial charge in [0.1, 0.15) is 0 Å². The summed E-state index contributed by atoms with van der Waals surface area (Å²) < 4.78 is 5.32. The molecule has 4 nitrogen and oxygen atoms in total. The van der Waals surface area contributed by atoms with Gasteiger partial charge in [-0.25, -0.2) is 0 Å². The first-order chi connectivity index (χ1) is 9.06. The summed E-state index contributed by atoms with van der Waals surface area (Å²) in [6.45, 7) is 6.15. The molecule has 1 aromatic heterocycles. The zero-order chi connectivity index (χ0) is 13.9. The lowest BCUT2D eigenvalue weighted by Gasteiger charge is -2.17. The van der Waals surface area contributed by atoms with Gasteiger partial charge in [0.25, 0.3) is 0 Å². The van der Waals surface area contributed by atoms with E-state index in [-0.39, 0.29) is 5.54 Å². The third-order valence-corrected chi connectivity index (χ3v) is 3.90. The highest BCUT2D eigenvalue weighted by Gasteiger charge is 2.25. The Morgan fingerprint density at radius 3 is 2.53 bits per heavy atom. The highest BCUT2D eigenvalue weighted by atomic mass is 32.2. The maximum Gasteiger partial charge on any atom is 0.246 e. The van der Waals surface area contributed by atoms with Crippen LogP contribution in [0.1, 0.15) is 26.7 Å². The molecule has 0 fully saturated rings. The molecule has 0 atom stereocenters. The minimum Gasteiger partial charge on any atom is -0.337 e. The molecule has 0 saturated carbocycles. The van der Waals surface area contributed by atoms with Gasteiger partial charge in [0.2, 0.25) is 11.7 Å². The Kier molecular flexibility index (Phi) is 4.27. The van der Waals surface area contributed by atoms with E-state index in [1.165, 1.54) is 4.90 Å². The molecule has 0 radical (unpaired) electrons. The lowest BCUT2D eigenvalue weighted by Crippen LogP contribution is -2.33. The second-order valence-corrected chi connectivity index (χ2v) is 6.09. The maximum absolute atomic E-state index is 5.32. The molecule has 0 aliphatic carbocycles. The van der Waals surface area contributed by atoms with Crippen LogP contribution in [0.15, 0.2) is 33.7 Å². The number of hydrogen-bond donors (Lipinski definition) is 1. The Hall–Kier alpha value is -1.33. The van der Waals surface area contributed by atoms with E-state index in [9.17, 15) is 0 Å². The van der Waals surface area contributed by atoms with Gasteiger partial charge in [-0.05, 0) is 50.9 Å². The molecular formula is C14H19N3OS. The molecule has 1 heterocycles. The van der Waals surface area contributed by atoms with Gasteiger partial charge in [-0.3, -0.25) is 0 Å². The van der Waals surface area contributed by atoms with E-state index in [1.54, 1.807) is 0 Å². The molecule has 5 heteroatoms. The molecule has 0 bridgehead atoms. The number of rotatable bonds is 5. The fraction of sp³-hybridized carbons (Fsp3) is 0.429. The van der Waals surface area contributed by atoms with Crippen LogP contribution in [0, 0.1) is 0 Å². The molecule has 2 aromatic rings. The Morgan fingerprint density at radius 1 is 1.26 bits per heavy atom. The first-order valence-electron chi connectivity index (χ1n) is 6.33. The molecule has 0 unspecified atom stereocenters. The average Bonchev–Trinajstić information content (AvgIpc) is 2.90. The Labute approximate surface area is 118 Å². The first kappa shape index (κ1) is 14.1. The zero-order valence-corrected chi connectivity index (χ0v) is 12.5. The summed E-state index contributed by atoms with van der Waals surface area (Å²) in [6.07, 6.45) is 0. The Balaban J connectivity index is 2.23. The van der Waals surface area contributed by atoms with Crippen molar-refractivity contribution in [1.82, 2.24) is 15.5 Å². The normalized spacial score (nSPS) is 11.8. The van der Waals surface area contributed by atoms with Crippen LogP contribution >= 0.6 is 11.8 Å². The van der Waals surface area contributed by atoms with Crippen LogP contribution in [-0.2, 0) is 5.54 Å². The summed E-state index contributed by atoms with van der Waals surface area (Å²) in [4.78, 5) is 5.71. The average molecular weight is 277 g/mol. The maximum atomic E-state index is 5.32. The fourth-order valence-corrected chi connectivity index (χ4v) is 2.23. The van der Waals surface area contributed by atoms with Crippen LogP contribution in [0.3, 0.4) is 0 Å². The molecular weight excluding hydrogens is 258 g/mol. The van der Waals surface area contributed by atoms with Crippen LogP contribution in [0.4, 0.5) is 0 Å². The summed E-state index contributed by atoms with van der Waals surface area (Å²) in [6, 6.07) is 8.23. The largest absolute Gasteiger partial charge is 0.337 e. The van der Waals surface area contributed by atoms with Crippen LogP contribution in [0.2, 0.25) is 0 Å². The summed E-state index contributed by atoms with van der Waals surface area (Å²) >= 11 is 1.82. The second-order valence-electron chi connectivity index (χ2n) is 4.76. The molecule has 0 aliphatic heterocycles. The predicted octanol–water partition coefficient (Wildman–Crippen LogP) is 3.30. The fourth-order valence-electron chi connectivity index (χ4n) is 1.57. The van der Waals surface area contributed by atoms with Crippen molar-refractivity contribution in [3.05, 3.63) is 30.2 Å². The van der Waals surface area contributed by atoms with E-state index in [0.717, 1.165) is 11.3 Å². The standard InChI is InChI=1S/C14H19N3OS/c1-5-19-11-8-6-10(7-9-11)12-16-13(18-17-12)14(2,3)15-4/h6-9,15H,5H2,1-4H3. The number of benzene rings is 1. The van der Waals surface area contributed by atoms with Crippen LogP contribution in [-0.4, -0.2) is 22.9 Å². The molecule has 1 N–H and O–H groups in total. The predicted molar refractivity (Wildman–Crippen MR) is 78.2 cm³/mol. The number of hydrogen-bond acceptors (Lipinski definition) is 5. The highest BCUT2D eigenvalue weighted by Crippen LogP contribution is 2.24. The van der Waals surface area contributed by atoms with Crippen LogP contribution in [0.5, 0.6) is 0 Å². The third kappa shape index (κ3) is 3.16. The number of thioether (sulfide) groups is 1. The number of aromatic nitrogens is 2. The van der Waals surface area contributed by atoms with E-state index < -0.39 is 0 Å². The van der Waals surface area contributed by atoms with Gasteiger partial charge >= 0.3 is 0 Å². The molecule has 0 amide bonds. The smallest absolute Gasteiger partial charge is 0.246 e. The van der Waals surface area contributed by atoms with Crippen molar-refractivity contribution in [3.63, 3.8) is 0 Å².